The van der Waals surface area contributed by atoms with E-state index in [-0.39, 0.29) is 6.04 Å². The molecule has 4 nitrogen and oxygen atoms in total. The Morgan fingerprint density at radius 1 is 1.62 bits per heavy atom. The number of hydrogen-bond donors (Lipinski definition) is 3. The van der Waals surface area contributed by atoms with Crippen molar-refractivity contribution in [2.24, 2.45) is 5.73 Å². The molecule has 0 amide bonds. The fourth-order valence-electron chi connectivity index (χ4n) is 1.10. The summed E-state index contributed by atoms with van der Waals surface area (Å²) in [7, 11) is 0. The zero-order chi connectivity index (χ0) is 9.84. The molecule has 72 valence electrons. The number of aliphatic hydroxyl groups is 1. The fourth-order valence-corrected chi connectivity index (χ4v) is 1.10. The van der Waals surface area contributed by atoms with Gasteiger partial charge in [-0.2, -0.15) is 0 Å². The van der Waals surface area contributed by atoms with E-state index in [0.717, 1.165) is 0 Å². The lowest BCUT2D eigenvalue weighted by Gasteiger charge is -2.17. The average molecular weight is 181 g/mol. The Bertz CT molecular complexity index is 277. The smallest absolute Gasteiger partial charge is 0.113 e. The molecule has 0 spiro atoms. The molecular formula is C9H15N3O. The lowest BCUT2D eigenvalue weighted by molar-refractivity contribution is 0.141. The molecule has 0 unspecified atom stereocenters. The predicted octanol–water partition coefficient (Wildman–Crippen LogP) is 0.434. The van der Waals surface area contributed by atoms with Crippen molar-refractivity contribution in [2.75, 3.05) is 5.73 Å². The number of nitrogens with two attached hydrogens (primary N) is 2. The van der Waals surface area contributed by atoms with Crippen molar-refractivity contribution in [1.29, 1.82) is 0 Å². The molecule has 1 aromatic rings. The lowest BCUT2D eigenvalue weighted by atomic mass is 10.0. The van der Waals surface area contributed by atoms with Gasteiger partial charge in [-0.05, 0) is 18.6 Å². The van der Waals surface area contributed by atoms with Crippen LogP contribution in [0.5, 0.6) is 0 Å². The minimum absolute atomic E-state index is 0.308. The van der Waals surface area contributed by atoms with Crippen molar-refractivity contribution >= 4 is 5.69 Å². The van der Waals surface area contributed by atoms with Gasteiger partial charge in [-0.3, -0.25) is 4.98 Å². The summed E-state index contributed by atoms with van der Waals surface area (Å²) in [6.07, 6.45) is 1.51. The number of anilines is 1. The van der Waals surface area contributed by atoms with Crippen molar-refractivity contribution in [1.82, 2.24) is 4.98 Å². The quantitative estimate of drug-likeness (QED) is 0.631. The van der Waals surface area contributed by atoms with Crippen LogP contribution in [0.15, 0.2) is 18.3 Å². The van der Waals surface area contributed by atoms with Crippen molar-refractivity contribution < 1.29 is 5.11 Å². The largest absolute Gasteiger partial charge is 0.397 e. The third-order valence-corrected chi connectivity index (χ3v) is 2.03. The predicted molar refractivity (Wildman–Crippen MR) is 51.9 cm³/mol. The van der Waals surface area contributed by atoms with E-state index in [2.05, 4.69) is 4.98 Å². The lowest BCUT2D eigenvalue weighted by Crippen LogP contribution is -2.28. The van der Waals surface area contributed by atoms with E-state index in [4.69, 9.17) is 11.5 Å². The fraction of sp³-hybridized carbons (Fsp3) is 0.444. The average Bonchev–Trinajstić information content (AvgIpc) is 2.16. The molecule has 5 N–H and O–H groups in total. The van der Waals surface area contributed by atoms with Crippen LogP contribution in [0.25, 0.3) is 0 Å². The maximum atomic E-state index is 9.70. The van der Waals surface area contributed by atoms with Gasteiger partial charge in [-0.1, -0.05) is 6.92 Å². The second-order valence-corrected chi connectivity index (χ2v) is 2.99. The summed E-state index contributed by atoms with van der Waals surface area (Å²) in [5.41, 5.74) is 12.3. The standard InChI is InChI=1S/C9H15N3O/c1-2-6(10)9(13)8-7(11)4-3-5-12-8/h3-6,9,13H,2,10-11H2,1H3/t6-,9+/m1/s1. The summed E-state index contributed by atoms with van der Waals surface area (Å²) in [5.74, 6) is 0. The van der Waals surface area contributed by atoms with E-state index in [9.17, 15) is 5.11 Å². The molecule has 0 saturated carbocycles. The Balaban J connectivity index is 2.88. The molecule has 0 radical (unpaired) electrons. The van der Waals surface area contributed by atoms with Crippen molar-refractivity contribution in [2.45, 2.75) is 25.5 Å². The Kier molecular flexibility index (Phi) is 3.22. The van der Waals surface area contributed by atoms with E-state index >= 15 is 0 Å². The highest BCUT2D eigenvalue weighted by atomic mass is 16.3. The Morgan fingerprint density at radius 2 is 2.31 bits per heavy atom. The van der Waals surface area contributed by atoms with Crippen LogP contribution >= 0.6 is 0 Å². The van der Waals surface area contributed by atoms with E-state index < -0.39 is 6.10 Å². The number of nitrogens with zero attached hydrogens (tertiary/aromatic N) is 1. The second-order valence-electron chi connectivity index (χ2n) is 2.99. The summed E-state index contributed by atoms with van der Waals surface area (Å²) < 4.78 is 0. The van der Waals surface area contributed by atoms with Crippen LogP contribution in [0.4, 0.5) is 5.69 Å². The van der Waals surface area contributed by atoms with Crippen LogP contribution in [0.3, 0.4) is 0 Å². The summed E-state index contributed by atoms with van der Waals surface area (Å²) in [5, 5.41) is 9.70. The first kappa shape index (κ1) is 9.95. The van der Waals surface area contributed by atoms with Gasteiger partial charge in [0.1, 0.15) is 6.10 Å². The molecule has 1 aromatic heterocycles. The van der Waals surface area contributed by atoms with Gasteiger partial charge >= 0.3 is 0 Å². The van der Waals surface area contributed by atoms with Gasteiger partial charge in [0.25, 0.3) is 0 Å². The van der Waals surface area contributed by atoms with Crippen molar-refractivity contribution in [3.63, 3.8) is 0 Å². The number of aliphatic hydroxyl groups excluding tert-OH is 1. The first-order chi connectivity index (χ1) is 6.16. The first-order valence-electron chi connectivity index (χ1n) is 4.30. The molecular weight excluding hydrogens is 166 g/mol. The molecule has 13 heavy (non-hydrogen) atoms. The van der Waals surface area contributed by atoms with Gasteiger partial charge in [-0.15, -0.1) is 0 Å². The number of rotatable bonds is 3. The van der Waals surface area contributed by atoms with Crippen LogP contribution in [0.1, 0.15) is 25.1 Å². The topological polar surface area (TPSA) is 85.2 Å². The minimum Gasteiger partial charge on any atom is -0.397 e. The molecule has 4 heteroatoms. The molecule has 1 rings (SSSR count). The zero-order valence-electron chi connectivity index (χ0n) is 7.64. The van der Waals surface area contributed by atoms with E-state index in [1.165, 1.54) is 0 Å². The summed E-state index contributed by atoms with van der Waals surface area (Å²) in [4.78, 5) is 3.99. The van der Waals surface area contributed by atoms with Crippen LogP contribution in [-0.4, -0.2) is 16.1 Å². The highest BCUT2D eigenvalue weighted by Gasteiger charge is 2.18. The Labute approximate surface area is 77.6 Å². The molecule has 0 saturated heterocycles. The van der Waals surface area contributed by atoms with E-state index in [0.29, 0.717) is 17.8 Å². The highest BCUT2D eigenvalue weighted by Crippen LogP contribution is 2.20. The molecule has 0 aromatic carbocycles. The third kappa shape index (κ3) is 2.17. The number of aromatic nitrogens is 1. The molecule has 0 bridgehead atoms. The zero-order valence-corrected chi connectivity index (χ0v) is 7.64. The highest BCUT2D eigenvalue weighted by molar-refractivity contribution is 5.43. The minimum atomic E-state index is -0.772. The normalized spacial score (nSPS) is 15.3. The van der Waals surface area contributed by atoms with Crippen LogP contribution in [0.2, 0.25) is 0 Å². The molecule has 2 atom stereocenters. The van der Waals surface area contributed by atoms with E-state index in [1.807, 2.05) is 6.92 Å². The maximum Gasteiger partial charge on any atom is 0.113 e. The summed E-state index contributed by atoms with van der Waals surface area (Å²) >= 11 is 0. The molecule has 0 fully saturated rings. The van der Waals surface area contributed by atoms with Gasteiger partial charge in [0, 0.05) is 12.2 Å². The number of pyridine rings is 1. The van der Waals surface area contributed by atoms with Gasteiger partial charge in [-0.25, -0.2) is 0 Å². The molecule has 0 aliphatic carbocycles. The second kappa shape index (κ2) is 4.20. The Hall–Kier alpha value is -1.13. The summed E-state index contributed by atoms with van der Waals surface area (Å²) in [6.45, 7) is 1.91. The molecule has 0 aliphatic rings. The van der Waals surface area contributed by atoms with E-state index in [1.54, 1.807) is 18.3 Å². The number of hydrogen-bond acceptors (Lipinski definition) is 4. The molecule has 1 heterocycles. The van der Waals surface area contributed by atoms with Crippen molar-refractivity contribution in [3.8, 4) is 0 Å². The van der Waals surface area contributed by atoms with Crippen molar-refractivity contribution in [3.05, 3.63) is 24.0 Å². The van der Waals surface area contributed by atoms with Gasteiger partial charge in [0.15, 0.2) is 0 Å². The van der Waals surface area contributed by atoms with Gasteiger partial charge in [0.2, 0.25) is 0 Å². The first-order valence-corrected chi connectivity index (χ1v) is 4.30. The monoisotopic (exact) mass is 181 g/mol. The molecule has 0 aliphatic heterocycles. The Morgan fingerprint density at radius 3 is 2.85 bits per heavy atom. The number of nitrogen functional groups attached to an aromatic ring is 1. The third-order valence-electron chi connectivity index (χ3n) is 2.03. The SMILES string of the molecule is CC[C@@H](N)[C@H](O)c1ncccc1N. The maximum absolute atomic E-state index is 9.70. The summed E-state index contributed by atoms with van der Waals surface area (Å²) in [6, 6.07) is 3.12. The van der Waals surface area contributed by atoms with Crippen LogP contribution in [-0.2, 0) is 0 Å². The van der Waals surface area contributed by atoms with Crippen LogP contribution < -0.4 is 11.5 Å². The van der Waals surface area contributed by atoms with Gasteiger partial charge in [0.05, 0.1) is 11.4 Å². The van der Waals surface area contributed by atoms with Gasteiger partial charge < -0.3 is 16.6 Å². The van der Waals surface area contributed by atoms with Crippen LogP contribution in [0, 0.1) is 0 Å².